The lowest BCUT2D eigenvalue weighted by Gasteiger charge is -2.22. The molecule has 0 bridgehead atoms. The van der Waals surface area contributed by atoms with Gasteiger partial charge in [0, 0.05) is 26.0 Å². The molecule has 0 aromatic heterocycles. The van der Waals surface area contributed by atoms with Crippen molar-refractivity contribution in [1.29, 1.82) is 0 Å². The molecule has 1 atom stereocenters. The van der Waals surface area contributed by atoms with Crippen molar-refractivity contribution in [2.45, 2.75) is 31.2 Å². The van der Waals surface area contributed by atoms with E-state index in [1.807, 2.05) is 6.07 Å². The minimum atomic E-state index is -3.46. The van der Waals surface area contributed by atoms with Crippen LogP contribution in [0.25, 0.3) is 0 Å². The average molecular weight is 319 g/mol. The van der Waals surface area contributed by atoms with Crippen molar-refractivity contribution in [3.8, 4) is 0 Å². The van der Waals surface area contributed by atoms with Crippen LogP contribution in [-0.4, -0.2) is 38.7 Å². The number of alkyl halides is 1. The van der Waals surface area contributed by atoms with Gasteiger partial charge in [0.1, 0.15) is 4.90 Å². The standard InChI is InChI=1S/C14H23ClN2O2S/c1-11(2)9-12(10-15)16-13-7-5-6-8-14(13)20(18,19)17(3)4/h5-8,11-12,16H,9-10H2,1-4H3. The number of rotatable bonds is 7. The van der Waals surface area contributed by atoms with Crippen molar-refractivity contribution < 1.29 is 8.42 Å². The van der Waals surface area contributed by atoms with Crippen molar-refractivity contribution >= 4 is 27.3 Å². The highest BCUT2D eigenvalue weighted by atomic mass is 35.5. The van der Waals surface area contributed by atoms with E-state index < -0.39 is 10.0 Å². The largest absolute Gasteiger partial charge is 0.380 e. The highest BCUT2D eigenvalue weighted by molar-refractivity contribution is 7.89. The summed E-state index contributed by atoms with van der Waals surface area (Å²) in [6, 6.07) is 6.97. The Bertz CT molecular complexity index is 530. The second-order valence-corrected chi connectivity index (χ2v) is 7.84. The van der Waals surface area contributed by atoms with Gasteiger partial charge in [-0.1, -0.05) is 26.0 Å². The van der Waals surface area contributed by atoms with E-state index in [9.17, 15) is 8.42 Å². The molecule has 20 heavy (non-hydrogen) atoms. The van der Waals surface area contributed by atoms with E-state index in [1.54, 1.807) is 18.2 Å². The topological polar surface area (TPSA) is 49.4 Å². The molecular weight excluding hydrogens is 296 g/mol. The van der Waals surface area contributed by atoms with Crippen molar-refractivity contribution in [3.63, 3.8) is 0 Å². The van der Waals surface area contributed by atoms with Crippen LogP contribution < -0.4 is 5.32 Å². The molecule has 4 nitrogen and oxygen atoms in total. The molecular formula is C14H23ClN2O2S. The zero-order valence-electron chi connectivity index (χ0n) is 12.4. The smallest absolute Gasteiger partial charge is 0.244 e. The summed E-state index contributed by atoms with van der Waals surface area (Å²) in [6.45, 7) is 4.23. The Morgan fingerprint density at radius 1 is 1.25 bits per heavy atom. The van der Waals surface area contributed by atoms with Crippen LogP contribution >= 0.6 is 11.6 Å². The van der Waals surface area contributed by atoms with Crippen molar-refractivity contribution in [3.05, 3.63) is 24.3 Å². The summed E-state index contributed by atoms with van der Waals surface area (Å²) < 4.78 is 25.8. The monoisotopic (exact) mass is 318 g/mol. The molecule has 0 aliphatic heterocycles. The molecule has 1 aromatic rings. The van der Waals surface area contributed by atoms with Crippen LogP contribution in [0.2, 0.25) is 0 Å². The van der Waals surface area contributed by atoms with Gasteiger partial charge in [-0.2, -0.15) is 0 Å². The number of nitrogens with one attached hydrogen (secondary N) is 1. The predicted octanol–water partition coefficient (Wildman–Crippen LogP) is 3.00. The van der Waals surface area contributed by atoms with Gasteiger partial charge in [-0.3, -0.25) is 0 Å². The van der Waals surface area contributed by atoms with E-state index in [-0.39, 0.29) is 10.9 Å². The summed E-state index contributed by atoms with van der Waals surface area (Å²) in [5.74, 6) is 0.929. The lowest BCUT2D eigenvalue weighted by molar-refractivity contribution is 0.520. The molecule has 1 aromatic carbocycles. The zero-order valence-corrected chi connectivity index (χ0v) is 14.0. The first kappa shape index (κ1) is 17.3. The van der Waals surface area contributed by atoms with Crippen molar-refractivity contribution in [1.82, 2.24) is 4.31 Å². The van der Waals surface area contributed by atoms with Gasteiger partial charge in [0.05, 0.1) is 5.69 Å². The molecule has 6 heteroatoms. The summed E-state index contributed by atoms with van der Waals surface area (Å²) in [6.07, 6.45) is 0.889. The number of nitrogens with zero attached hydrogens (tertiary/aromatic N) is 1. The van der Waals surface area contributed by atoms with E-state index in [1.165, 1.54) is 18.4 Å². The number of halogens is 1. The van der Waals surface area contributed by atoms with Gasteiger partial charge in [0.15, 0.2) is 0 Å². The fraction of sp³-hybridized carbons (Fsp3) is 0.571. The van der Waals surface area contributed by atoms with Crippen LogP contribution in [0.3, 0.4) is 0 Å². The molecule has 1 unspecified atom stereocenters. The van der Waals surface area contributed by atoms with E-state index in [2.05, 4.69) is 19.2 Å². The summed E-state index contributed by atoms with van der Waals surface area (Å²) in [4.78, 5) is 0.281. The van der Waals surface area contributed by atoms with Crippen LogP contribution in [0.4, 0.5) is 5.69 Å². The Morgan fingerprint density at radius 2 is 1.85 bits per heavy atom. The van der Waals surface area contributed by atoms with Gasteiger partial charge in [-0.05, 0) is 24.5 Å². The van der Waals surface area contributed by atoms with Gasteiger partial charge < -0.3 is 5.32 Å². The van der Waals surface area contributed by atoms with Gasteiger partial charge in [-0.15, -0.1) is 11.6 Å². The summed E-state index contributed by atoms with van der Waals surface area (Å²) in [5.41, 5.74) is 0.604. The molecule has 1 rings (SSSR count). The highest BCUT2D eigenvalue weighted by Gasteiger charge is 2.22. The molecule has 0 radical (unpaired) electrons. The number of sulfonamides is 1. The summed E-state index contributed by atoms with van der Waals surface area (Å²) in [5, 5.41) is 3.25. The van der Waals surface area contributed by atoms with Crippen molar-refractivity contribution in [2.75, 3.05) is 25.3 Å². The number of hydrogen-bond acceptors (Lipinski definition) is 3. The Labute approximate surface area is 127 Å². The molecule has 0 spiro atoms. The van der Waals surface area contributed by atoms with Crippen LogP contribution in [0.1, 0.15) is 20.3 Å². The number of para-hydroxylation sites is 1. The third kappa shape index (κ3) is 4.36. The normalized spacial score (nSPS) is 13.8. The molecule has 114 valence electrons. The third-order valence-electron chi connectivity index (χ3n) is 2.95. The second kappa shape index (κ2) is 7.29. The maximum atomic E-state index is 12.3. The van der Waals surface area contributed by atoms with Crippen molar-refractivity contribution in [2.24, 2.45) is 5.92 Å². The minimum absolute atomic E-state index is 0.0511. The summed E-state index contributed by atoms with van der Waals surface area (Å²) >= 11 is 5.97. The number of hydrogen-bond donors (Lipinski definition) is 1. The first-order valence-corrected chi connectivity index (χ1v) is 8.60. The van der Waals surface area contributed by atoms with Gasteiger partial charge in [0.25, 0.3) is 0 Å². The first-order chi connectivity index (χ1) is 9.28. The van der Waals surface area contributed by atoms with Crippen LogP contribution in [0.15, 0.2) is 29.2 Å². The third-order valence-corrected chi connectivity index (χ3v) is 5.19. The number of benzene rings is 1. The molecule has 0 aliphatic carbocycles. The van der Waals surface area contributed by atoms with E-state index >= 15 is 0 Å². The predicted molar refractivity (Wildman–Crippen MR) is 84.9 cm³/mol. The van der Waals surface area contributed by atoms with Gasteiger partial charge in [0.2, 0.25) is 10.0 Å². The lowest BCUT2D eigenvalue weighted by Crippen LogP contribution is -2.27. The SMILES string of the molecule is CC(C)CC(CCl)Nc1ccccc1S(=O)(=O)N(C)C. The van der Waals surface area contributed by atoms with Gasteiger partial charge in [-0.25, -0.2) is 12.7 Å². The maximum absolute atomic E-state index is 12.3. The quantitative estimate of drug-likeness (QED) is 0.786. The maximum Gasteiger partial charge on any atom is 0.244 e. The van der Waals surface area contributed by atoms with E-state index in [0.29, 0.717) is 17.5 Å². The molecule has 0 amide bonds. The van der Waals surface area contributed by atoms with Crippen LogP contribution in [-0.2, 0) is 10.0 Å². The Kier molecular flexibility index (Phi) is 6.30. The zero-order chi connectivity index (χ0) is 15.3. The molecule has 0 saturated heterocycles. The number of anilines is 1. The lowest BCUT2D eigenvalue weighted by atomic mass is 10.0. The minimum Gasteiger partial charge on any atom is -0.380 e. The highest BCUT2D eigenvalue weighted by Crippen LogP contribution is 2.25. The Balaban J connectivity index is 3.08. The molecule has 0 fully saturated rings. The van der Waals surface area contributed by atoms with Crippen LogP contribution in [0.5, 0.6) is 0 Å². The molecule has 1 N–H and O–H groups in total. The Hall–Kier alpha value is -0.780. The summed E-state index contributed by atoms with van der Waals surface area (Å²) in [7, 11) is -0.408. The van der Waals surface area contributed by atoms with Gasteiger partial charge >= 0.3 is 0 Å². The fourth-order valence-corrected chi connectivity index (χ4v) is 3.21. The van der Waals surface area contributed by atoms with Crippen LogP contribution in [0, 0.1) is 5.92 Å². The van der Waals surface area contributed by atoms with E-state index in [4.69, 9.17) is 11.6 Å². The molecule has 0 heterocycles. The second-order valence-electron chi connectivity index (χ2n) is 5.41. The first-order valence-electron chi connectivity index (χ1n) is 6.63. The molecule has 0 aliphatic rings. The Morgan fingerprint density at radius 3 is 2.35 bits per heavy atom. The average Bonchev–Trinajstić information content (AvgIpc) is 2.37. The molecule has 0 saturated carbocycles. The fourth-order valence-electron chi connectivity index (χ4n) is 1.96. The van der Waals surface area contributed by atoms with E-state index in [0.717, 1.165) is 6.42 Å².